The van der Waals surface area contributed by atoms with Crippen LogP contribution >= 0.6 is 0 Å². The quantitative estimate of drug-likeness (QED) is 0.568. The van der Waals surface area contributed by atoms with Crippen molar-refractivity contribution in [2.45, 2.75) is 57.7 Å². The summed E-state index contributed by atoms with van der Waals surface area (Å²) in [6.07, 6.45) is 6.48. The fourth-order valence-electron chi connectivity index (χ4n) is 5.82. The minimum Gasteiger partial charge on any atom is -0.496 e. The van der Waals surface area contributed by atoms with Gasteiger partial charge in [-0.3, -0.25) is 14.4 Å². The summed E-state index contributed by atoms with van der Waals surface area (Å²) in [5.41, 5.74) is 3.69. The van der Waals surface area contributed by atoms with Crippen LogP contribution in [0.25, 0.3) is 10.9 Å². The highest BCUT2D eigenvalue weighted by atomic mass is 19.3. The van der Waals surface area contributed by atoms with Gasteiger partial charge in [-0.15, -0.1) is 0 Å². The second-order valence-electron chi connectivity index (χ2n) is 9.66. The summed E-state index contributed by atoms with van der Waals surface area (Å²) >= 11 is 0. The maximum Gasteiger partial charge on any atom is 0.325 e. The summed E-state index contributed by atoms with van der Waals surface area (Å²) < 4.78 is 34.8. The summed E-state index contributed by atoms with van der Waals surface area (Å²) in [6.45, 7) is 3.07. The van der Waals surface area contributed by atoms with Gasteiger partial charge in [0.1, 0.15) is 12.3 Å². The maximum absolute atomic E-state index is 13.8. The molecule has 176 valence electrons. The average Bonchev–Trinajstić information content (AvgIpc) is 3.39. The topological polar surface area (TPSA) is 83.4 Å². The summed E-state index contributed by atoms with van der Waals surface area (Å²) in [7, 11) is 1.66. The number of aromatic nitrogens is 3. The van der Waals surface area contributed by atoms with Crippen LogP contribution in [-0.4, -0.2) is 50.3 Å². The van der Waals surface area contributed by atoms with Gasteiger partial charge >= 0.3 is 5.97 Å². The molecule has 2 aliphatic rings. The molecule has 2 fully saturated rings. The number of likely N-dealkylation sites (tertiary alicyclic amines) is 1. The van der Waals surface area contributed by atoms with Gasteiger partial charge in [-0.2, -0.15) is 5.10 Å². The van der Waals surface area contributed by atoms with Gasteiger partial charge in [-0.25, -0.2) is 8.78 Å². The van der Waals surface area contributed by atoms with Crippen molar-refractivity contribution in [3.63, 3.8) is 0 Å². The number of halogens is 2. The minimum atomic E-state index is -2.59. The second-order valence-corrected chi connectivity index (χ2v) is 9.66. The maximum atomic E-state index is 13.8. The van der Waals surface area contributed by atoms with Crippen LogP contribution in [0.3, 0.4) is 0 Å². The fourth-order valence-corrected chi connectivity index (χ4v) is 5.82. The third-order valence-corrected chi connectivity index (χ3v) is 7.29. The van der Waals surface area contributed by atoms with Gasteiger partial charge in [0.05, 0.1) is 13.3 Å². The molecule has 1 saturated heterocycles. The molecule has 0 bridgehead atoms. The van der Waals surface area contributed by atoms with Crippen LogP contribution in [0.15, 0.2) is 30.7 Å². The van der Waals surface area contributed by atoms with Crippen molar-refractivity contribution in [1.29, 1.82) is 0 Å². The SMILES string of the molecule is COc1cc(C)c2[nH]ccc2c1CN1CCC2(C[C@@H]1c1cnn(CC(=O)O)c1)CC(F)(F)C2. The average molecular weight is 459 g/mol. The molecule has 1 aliphatic heterocycles. The number of benzene rings is 1. The molecule has 33 heavy (non-hydrogen) atoms. The monoisotopic (exact) mass is 458 g/mol. The van der Waals surface area contributed by atoms with Crippen molar-refractivity contribution in [1.82, 2.24) is 19.7 Å². The number of H-pyrrole nitrogens is 1. The smallest absolute Gasteiger partial charge is 0.325 e. The summed E-state index contributed by atoms with van der Waals surface area (Å²) in [5, 5.41) is 14.4. The van der Waals surface area contributed by atoms with E-state index in [9.17, 15) is 13.6 Å². The number of nitrogens with one attached hydrogen (secondary N) is 1. The molecule has 1 aromatic carbocycles. The number of carbonyl (C=O) groups is 1. The first kappa shape index (κ1) is 21.9. The van der Waals surface area contributed by atoms with Crippen LogP contribution in [-0.2, 0) is 17.9 Å². The Morgan fingerprint density at radius 2 is 2.18 bits per heavy atom. The molecule has 2 N–H and O–H groups in total. The zero-order valence-corrected chi connectivity index (χ0v) is 18.8. The predicted molar refractivity (Wildman–Crippen MR) is 118 cm³/mol. The molecule has 1 atom stereocenters. The van der Waals surface area contributed by atoms with E-state index in [2.05, 4.69) is 15.0 Å². The van der Waals surface area contributed by atoms with Crippen molar-refractivity contribution < 1.29 is 23.4 Å². The fraction of sp³-hybridized carbons (Fsp3) is 0.500. The van der Waals surface area contributed by atoms with E-state index in [1.807, 2.05) is 25.3 Å². The van der Waals surface area contributed by atoms with Crippen LogP contribution in [0.4, 0.5) is 8.78 Å². The highest BCUT2D eigenvalue weighted by Gasteiger charge is 2.58. The van der Waals surface area contributed by atoms with Crippen LogP contribution in [0.2, 0.25) is 0 Å². The van der Waals surface area contributed by atoms with Gasteiger partial charge in [-0.05, 0) is 49.4 Å². The molecule has 0 unspecified atom stereocenters. The molecular formula is C24H28F2N4O3. The van der Waals surface area contributed by atoms with E-state index in [0.717, 1.165) is 33.3 Å². The molecule has 0 amide bonds. The van der Waals surface area contributed by atoms with Crippen LogP contribution in [0, 0.1) is 12.3 Å². The van der Waals surface area contributed by atoms with Crippen molar-refractivity contribution in [3.8, 4) is 5.75 Å². The number of ether oxygens (including phenoxy) is 1. The molecule has 9 heteroatoms. The number of aromatic amines is 1. The molecule has 3 heterocycles. The lowest BCUT2D eigenvalue weighted by Gasteiger charge is -2.54. The Bertz CT molecular complexity index is 1190. The van der Waals surface area contributed by atoms with Crippen molar-refractivity contribution in [3.05, 3.63) is 47.4 Å². The van der Waals surface area contributed by atoms with E-state index in [4.69, 9.17) is 9.84 Å². The molecule has 2 aromatic heterocycles. The Morgan fingerprint density at radius 3 is 2.88 bits per heavy atom. The number of carboxylic acid groups (broad SMARTS) is 1. The first-order chi connectivity index (χ1) is 15.7. The van der Waals surface area contributed by atoms with E-state index in [0.29, 0.717) is 25.9 Å². The molecule has 1 saturated carbocycles. The lowest BCUT2D eigenvalue weighted by molar-refractivity contribution is -0.186. The normalized spacial score (nSPS) is 21.9. The van der Waals surface area contributed by atoms with Gasteiger partial charge in [0.25, 0.3) is 0 Å². The van der Waals surface area contributed by atoms with Crippen LogP contribution in [0.1, 0.15) is 48.4 Å². The number of hydrogen-bond donors (Lipinski definition) is 2. The highest BCUT2D eigenvalue weighted by Crippen LogP contribution is 2.60. The van der Waals surface area contributed by atoms with E-state index >= 15 is 0 Å². The van der Waals surface area contributed by atoms with E-state index in [1.165, 1.54) is 4.68 Å². The molecule has 1 aliphatic carbocycles. The molecule has 5 rings (SSSR count). The third kappa shape index (κ3) is 3.99. The summed E-state index contributed by atoms with van der Waals surface area (Å²) in [5.74, 6) is -2.76. The van der Waals surface area contributed by atoms with Crippen LogP contribution in [0.5, 0.6) is 5.75 Å². The molecule has 7 nitrogen and oxygen atoms in total. The zero-order valence-electron chi connectivity index (χ0n) is 18.8. The molecule has 3 aromatic rings. The van der Waals surface area contributed by atoms with Gasteiger partial charge in [-0.1, -0.05) is 0 Å². The van der Waals surface area contributed by atoms with Crippen molar-refractivity contribution in [2.24, 2.45) is 5.41 Å². The Balaban J connectivity index is 1.49. The lowest BCUT2D eigenvalue weighted by Crippen LogP contribution is -2.53. The first-order valence-corrected chi connectivity index (χ1v) is 11.2. The number of alkyl halides is 2. The largest absolute Gasteiger partial charge is 0.496 e. The number of nitrogens with zero attached hydrogens (tertiary/aromatic N) is 3. The Kier molecular flexibility index (Phi) is 5.19. The molecule has 1 spiro atoms. The number of aryl methyl sites for hydroxylation is 1. The van der Waals surface area contributed by atoms with Gasteiger partial charge in [0, 0.05) is 59.9 Å². The Morgan fingerprint density at radius 1 is 1.39 bits per heavy atom. The van der Waals surface area contributed by atoms with E-state index < -0.39 is 11.9 Å². The van der Waals surface area contributed by atoms with Crippen molar-refractivity contribution >= 4 is 16.9 Å². The number of rotatable bonds is 6. The Hall–Kier alpha value is -2.94. The Labute approximate surface area is 190 Å². The van der Waals surface area contributed by atoms with E-state index in [-0.39, 0.29) is 30.8 Å². The van der Waals surface area contributed by atoms with E-state index in [1.54, 1.807) is 19.5 Å². The van der Waals surface area contributed by atoms with Gasteiger partial charge in [0.15, 0.2) is 0 Å². The summed E-state index contributed by atoms with van der Waals surface area (Å²) in [6, 6.07) is 3.93. The molecular weight excluding hydrogens is 430 g/mol. The zero-order chi connectivity index (χ0) is 23.4. The predicted octanol–water partition coefficient (Wildman–Crippen LogP) is 4.52. The lowest BCUT2D eigenvalue weighted by atomic mass is 9.59. The number of fused-ring (bicyclic) bond motifs is 1. The third-order valence-electron chi connectivity index (χ3n) is 7.29. The highest BCUT2D eigenvalue weighted by molar-refractivity contribution is 5.88. The summed E-state index contributed by atoms with van der Waals surface area (Å²) in [4.78, 5) is 16.7. The number of aliphatic carboxylic acids is 1. The van der Waals surface area contributed by atoms with Gasteiger partial charge < -0.3 is 14.8 Å². The standard InChI is InChI=1S/C24H28F2N4O3/c1-15-7-20(33-2)18(17-3-5-27-22(15)17)11-29-6-4-23(13-24(25,26)14-23)8-19(29)16-9-28-30(10-16)12-21(31)32/h3,5,7,9-10,19,27H,4,6,8,11-14H2,1-2H3,(H,31,32)/t19-/m1/s1. The number of piperidine rings is 1. The first-order valence-electron chi connectivity index (χ1n) is 11.2. The number of hydrogen-bond acceptors (Lipinski definition) is 4. The van der Waals surface area contributed by atoms with Gasteiger partial charge in [0.2, 0.25) is 5.92 Å². The molecule has 0 radical (unpaired) electrons. The van der Waals surface area contributed by atoms with Crippen LogP contribution < -0.4 is 4.74 Å². The number of methoxy groups -OCH3 is 1. The van der Waals surface area contributed by atoms with Crippen molar-refractivity contribution in [2.75, 3.05) is 13.7 Å². The minimum absolute atomic E-state index is 0.0798. The number of carboxylic acids is 1. The second kappa shape index (κ2) is 7.83.